The lowest BCUT2D eigenvalue weighted by Gasteiger charge is -2.33. The van der Waals surface area contributed by atoms with Crippen LogP contribution in [-0.4, -0.2) is 66.0 Å². The molecule has 2 aliphatic rings. The molecule has 42 heavy (non-hydrogen) atoms. The molecule has 2 fully saturated rings. The minimum absolute atomic E-state index is 0.0321. The fourth-order valence-electron chi connectivity index (χ4n) is 5.91. The average molecular weight is 566 g/mol. The fourth-order valence-corrected chi connectivity index (χ4v) is 5.91. The molecule has 1 aromatic carbocycles. The van der Waals surface area contributed by atoms with Crippen LogP contribution >= 0.6 is 0 Å². The van der Waals surface area contributed by atoms with E-state index in [0.29, 0.717) is 46.3 Å². The van der Waals surface area contributed by atoms with E-state index in [2.05, 4.69) is 36.7 Å². The third kappa shape index (κ3) is 4.54. The summed E-state index contributed by atoms with van der Waals surface area (Å²) in [6.07, 6.45) is 7.05. The molecule has 2 saturated heterocycles. The van der Waals surface area contributed by atoms with E-state index in [1.54, 1.807) is 24.7 Å². The SMILES string of the molecule is C=CC(=O)N1C[C@H]2C[C@@H]1CN(c1ccc3ncnc(Nc4cc(C)c(Oc5cnc6c(c5)ncn6C)cc4F)c3n1)C2. The average Bonchev–Trinajstić information content (AvgIpc) is 3.52. The molecule has 6 heterocycles. The van der Waals surface area contributed by atoms with Gasteiger partial charge in [0.1, 0.15) is 40.5 Å². The van der Waals surface area contributed by atoms with Crippen molar-refractivity contribution in [1.29, 1.82) is 0 Å². The Kier molecular flexibility index (Phi) is 6.18. The lowest BCUT2D eigenvalue weighted by atomic mass is 10.00. The van der Waals surface area contributed by atoms with E-state index in [1.807, 2.05) is 35.6 Å². The number of hydrogen-bond acceptors (Lipinski definition) is 9. The van der Waals surface area contributed by atoms with Crippen molar-refractivity contribution in [3.8, 4) is 11.5 Å². The Morgan fingerprint density at radius 2 is 2.00 bits per heavy atom. The Balaban J connectivity index is 1.14. The molecule has 1 amide bonds. The number of ether oxygens (including phenoxy) is 1. The smallest absolute Gasteiger partial charge is 0.246 e. The second kappa shape index (κ2) is 10.1. The van der Waals surface area contributed by atoms with Crippen LogP contribution in [0.1, 0.15) is 12.0 Å². The van der Waals surface area contributed by atoms with Crippen molar-refractivity contribution in [2.75, 3.05) is 29.9 Å². The molecule has 2 bridgehead atoms. The molecule has 212 valence electrons. The largest absolute Gasteiger partial charge is 0.455 e. The zero-order chi connectivity index (χ0) is 29.0. The molecular weight excluding hydrogens is 537 g/mol. The molecule has 0 saturated carbocycles. The molecule has 4 aromatic heterocycles. The van der Waals surface area contributed by atoms with Gasteiger partial charge in [-0.2, -0.15) is 0 Å². The summed E-state index contributed by atoms with van der Waals surface area (Å²) >= 11 is 0. The van der Waals surface area contributed by atoms with Gasteiger partial charge < -0.3 is 24.4 Å². The molecule has 11 nitrogen and oxygen atoms in total. The van der Waals surface area contributed by atoms with Crippen molar-refractivity contribution >= 4 is 45.4 Å². The third-order valence-electron chi connectivity index (χ3n) is 7.93. The van der Waals surface area contributed by atoms with E-state index >= 15 is 4.39 Å². The second-order valence-corrected chi connectivity index (χ2v) is 10.8. The van der Waals surface area contributed by atoms with E-state index in [0.717, 1.165) is 36.5 Å². The number of aryl methyl sites for hydroxylation is 2. The first-order valence-corrected chi connectivity index (χ1v) is 13.7. The van der Waals surface area contributed by atoms with Gasteiger partial charge in [-0.15, -0.1) is 0 Å². The van der Waals surface area contributed by atoms with Crippen LogP contribution in [0.15, 0.2) is 61.8 Å². The van der Waals surface area contributed by atoms with Gasteiger partial charge in [0.05, 0.1) is 23.7 Å². The number of pyridine rings is 2. The zero-order valence-electron chi connectivity index (χ0n) is 23.2. The Labute approximate surface area is 240 Å². The van der Waals surface area contributed by atoms with E-state index in [-0.39, 0.29) is 17.6 Å². The van der Waals surface area contributed by atoms with Gasteiger partial charge in [0, 0.05) is 44.9 Å². The Bertz CT molecular complexity index is 1870. The number of piperidine rings is 1. The van der Waals surface area contributed by atoms with Crippen LogP contribution in [0.2, 0.25) is 0 Å². The minimum Gasteiger partial charge on any atom is -0.455 e. The predicted octanol–water partition coefficient (Wildman–Crippen LogP) is 4.51. The highest BCUT2D eigenvalue weighted by atomic mass is 19.1. The normalized spacial score (nSPS) is 18.1. The second-order valence-electron chi connectivity index (χ2n) is 10.8. The number of anilines is 3. The third-order valence-corrected chi connectivity index (χ3v) is 7.93. The van der Waals surface area contributed by atoms with Gasteiger partial charge >= 0.3 is 0 Å². The van der Waals surface area contributed by atoms with Crippen molar-refractivity contribution in [3.63, 3.8) is 0 Å². The van der Waals surface area contributed by atoms with Crippen molar-refractivity contribution in [2.24, 2.45) is 13.0 Å². The van der Waals surface area contributed by atoms with Crippen LogP contribution in [0.4, 0.5) is 21.7 Å². The zero-order valence-corrected chi connectivity index (χ0v) is 23.2. The predicted molar refractivity (Wildman–Crippen MR) is 156 cm³/mol. The van der Waals surface area contributed by atoms with Gasteiger partial charge in [-0.1, -0.05) is 6.58 Å². The van der Waals surface area contributed by atoms with Crippen LogP contribution in [0.3, 0.4) is 0 Å². The van der Waals surface area contributed by atoms with E-state index < -0.39 is 5.82 Å². The van der Waals surface area contributed by atoms with Crippen LogP contribution in [0, 0.1) is 18.7 Å². The summed E-state index contributed by atoms with van der Waals surface area (Å²) in [6.45, 7) is 7.69. The number of aromatic nitrogens is 6. The maximum Gasteiger partial charge on any atom is 0.246 e. The number of halogens is 1. The lowest BCUT2D eigenvalue weighted by Crippen LogP contribution is -2.44. The Morgan fingerprint density at radius 3 is 2.86 bits per heavy atom. The quantitative estimate of drug-likeness (QED) is 0.297. The summed E-state index contributed by atoms with van der Waals surface area (Å²) in [5.74, 6) is 1.82. The summed E-state index contributed by atoms with van der Waals surface area (Å²) in [5.41, 5.74) is 3.53. The number of amides is 1. The van der Waals surface area contributed by atoms with Crippen molar-refractivity contribution < 1.29 is 13.9 Å². The van der Waals surface area contributed by atoms with E-state index in [9.17, 15) is 4.79 Å². The number of likely N-dealkylation sites (tertiary alicyclic amines) is 1. The number of fused-ring (bicyclic) bond motifs is 4. The summed E-state index contributed by atoms with van der Waals surface area (Å²) in [6, 6.07) is 8.71. The highest BCUT2D eigenvalue weighted by Gasteiger charge is 2.40. The van der Waals surface area contributed by atoms with Crippen molar-refractivity contribution in [3.05, 3.63) is 73.2 Å². The number of carbonyl (C=O) groups excluding carboxylic acids is 1. The lowest BCUT2D eigenvalue weighted by molar-refractivity contribution is -0.126. The molecule has 12 heteroatoms. The maximum atomic E-state index is 15.4. The molecule has 5 aromatic rings. The number of carbonyl (C=O) groups is 1. The first-order chi connectivity index (χ1) is 20.4. The van der Waals surface area contributed by atoms with Crippen LogP contribution in [-0.2, 0) is 11.8 Å². The number of hydrogen-bond donors (Lipinski definition) is 1. The molecule has 2 aliphatic heterocycles. The van der Waals surface area contributed by atoms with Gasteiger partial charge in [0.15, 0.2) is 11.5 Å². The van der Waals surface area contributed by atoms with E-state index in [1.165, 1.54) is 18.5 Å². The Morgan fingerprint density at radius 1 is 1.12 bits per heavy atom. The van der Waals surface area contributed by atoms with Gasteiger partial charge in [0.2, 0.25) is 5.91 Å². The topological polar surface area (TPSA) is 114 Å². The molecule has 7 rings (SSSR count). The molecule has 0 aliphatic carbocycles. The summed E-state index contributed by atoms with van der Waals surface area (Å²) < 4.78 is 23.2. The fraction of sp³-hybridized carbons (Fsp3) is 0.267. The first-order valence-electron chi connectivity index (χ1n) is 13.7. The van der Waals surface area contributed by atoms with Gasteiger partial charge in [-0.25, -0.2) is 29.3 Å². The number of nitrogens with zero attached hydrogens (tertiary/aromatic N) is 8. The highest BCUT2D eigenvalue weighted by Crippen LogP contribution is 2.35. The van der Waals surface area contributed by atoms with Gasteiger partial charge in [-0.3, -0.25) is 4.79 Å². The number of nitrogens with one attached hydrogen (secondary N) is 1. The molecule has 0 unspecified atom stereocenters. The number of rotatable bonds is 6. The summed E-state index contributed by atoms with van der Waals surface area (Å²) in [5, 5.41) is 3.11. The molecule has 1 N–H and O–H groups in total. The van der Waals surface area contributed by atoms with Crippen LogP contribution in [0.5, 0.6) is 11.5 Å². The summed E-state index contributed by atoms with van der Waals surface area (Å²) in [4.78, 5) is 38.7. The van der Waals surface area contributed by atoms with Gasteiger partial charge in [0.25, 0.3) is 0 Å². The Hall–Kier alpha value is -5.13. The summed E-state index contributed by atoms with van der Waals surface area (Å²) in [7, 11) is 1.86. The monoisotopic (exact) mass is 565 g/mol. The first kappa shape index (κ1) is 25.8. The highest BCUT2D eigenvalue weighted by molar-refractivity contribution is 5.89. The van der Waals surface area contributed by atoms with Crippen LogP contribution in [0.25, 0.3) is 22.2 Å². The van der Waals surface area contributed by atoms with E-state index in [4.69, 9.17) is 9.72 Å². The molecule has 0 spiro atoms. The minimum atomic E-state index is -0.509. The van der Waals surface area contributed by atoms with Crippen molar-refractivity contribution in [2.45, 2.75) is 19.4 Å². The standard InChI is InChI=1S/C30H28FN9O2/c1-4-27(41)40-13-18-8-19(40)14-39(12-18)26-6-5-22-28(37-26)29(34-15-33-22)36-23-7-17(2)25(10-21(23)31)42-20-9-24-30(32-11-20)38(3)16-35-24/h4-7,9-11,15-16,18-19H,1,8,12-14H2,2-3H3,(H,33,34,36)/t18-,19+/m0/s1. The number of benzene rings is 1. The maximum absolute atomic E-state index is 15.4. The van der Waals surface area contributed by atoms with Crippen molar-refractivity contribution in [1.82, 2.24) is 34.4 Å². The molecule has 2 atom stereocenters. The van der Waals surface area contributed by atoms with Crippen LogP contribution < -0.4 is 15.0 Å². The number of imidazole rings is 1. The molecular formula is C30H28FN9O2. The molecule has 0 radical (unpaired) electrons. The van der Waals surface area contributed by atoms with Gasteiger partial charge in [-0.05, 0) is 49.1 Å².